The van der Waals surface area contributed by atoms with E-state index in [1.54, 1.807) is 0 Å². The van der Waals surface area contributed by atoms with Gasteiger partial charge in [-0.05, 0) is 0 Å². The number of rotatable bonds is 7. The number of hydrogen-bond acceptors (Lipinski definition) is 14. The zero-order valence-electron chi connectivity index (χ0n) is 17.5. The van der Waals surface area contributed by atoms with Gasteiger partial charge in [-0.1, -0.05) is 12.2 Å². The van der Waals surface area contributed by atoms with Crippen LogP contribution in [0.1, 0.15) is 0 Å². The van der Waals surface area contributed by atoms with Gasteiger partial charge >= 0.3 is 0 Å². The molecule has 14 nitrogen and oxygen atoms in total. The molecule has 0 aromatic carbocycles. The molecule has 3 rings (SSSR count). The van der Waals surface area contributed by atoms with Crippen molar-refractivity contribution < 1.29 is 70.0 Å². The molecule has 0 amide bonds. The van der Waals surface area contributed by atoms with Gasteiger partial charge in [-0.3, -0.25) is 0 Å². The van der Waals surface area contributed by atoms with Crippen LogP contribution in [-0.4, -0.2) is 151 Å². The second kappa shape index (κ2) is 11.3. The molecule has 1 aliphatic carbocycles. The van der Waals surface area contributed by atoms with Crippen molar-refractivity contribution >= 4 is 0 Å². The fourth-order valence-corrected chi connectivity index (χ4v) is 4.10. The van der Waals surface area contributed by atoms with Gasteiger partial charge in [-0.2, -0.15) is 0 Å². The first-order valence-corrected chi connectivity index (χ1v) is 10.5. The van der Waals surface area contributed by atoms with Gasteiger partial charge in [0.05, 0.1) is 25.9 Å². The Kier molecular flexibility index (Phi) is 9.15. The second-order valence-corrected chi connectivity index (χ2v) is 8.32. The number of ether oxygens (including phenoxy) is 4. The van der Waals surface area contributed by atoms with E-state index in [-0.39, 0.29) is 0 Å². The van der Waals surface area contributed by atoms with E-state index in [0.29, 0.717) is 0 Å². The Morgan fingerprint density at radius 2 is 1.09 bits per heavy atom. The largest absolute Gasteiger partial charge is 0.396 e. The van der Waals surface area contributed by atoms with Crippen LogP contribution in [0.15, 0.2) is 12.2 Å². The molecular formula is C19H32O14. The van der Waals surface area contributed by atoms with Crippen LogP contribution in [0.4, 0.5) is 0 Å². The van der Waals surface area contributed by atoms with Gasteiger partial charge in [0.25, 0.3) is 0 Å². The van der Waals surface area contributed by atoms with Crippen LogP contribution in [0, 0.1) is 5.92 Å². The third kappa shape index (κ3) is 5.39. The van der Waals surface area contributed by atoms with Crippen LogP contribution in [0.25, 0.3) is 0 Å². The van der Waals surface area contributed by atoms with Crippen molar-refractivity contribution in [3.05, 3.63) is 12.2 Å². The maximum atomic E-state index is 10.6. The lowest BCUT2D eigenvalue weighted by Gasteiger charge is -2.47. The zero-order valence-corrected chi connectivity index (χ0v) is 17.5. The minimum Gasteiger partial charge on any atom is -0.396 e. The Hall–Kier alpha value is -0.820. The summed E-state index contributed by atoms with van der Waals surface area (Å²) in [5.41, 5.74) is 0. The van der Waals surface area contributed by atoms with Crippen molar-refractivity contribution in [2.75, 3.05) is 19.8 Å². The third-order valence-corrected chi connectivity index (χ3v) is 6.13. The van der Waals surface area contributed by atoms with E-state index in [4.69, 9.17) is 18.9 Å². The molecule has 33 heavy (non-hydrogen) atoms. The van der Waals surface area contributed by atoms with E-state index in [1.807, 2.05) is 0 Å². The highest BCUT2D eigenvalue weighted by atomic mass is 16.7. The minimum absolute atomic E-state index is 0.456. The van der Waals surface area contributed by atoms with Crippen LogP contribution in [-0.2, 0) is 18.9 Å². The standard InChI is InChI=1S/C19H32O14/c20-3-6-1-2-7(23)10(24)16(6)32-19-15(29)13(27)17(9(5-22)31-19)33-18-14(28)12(26)11(25)8(4-21)30-18/h1-2,6-29H,3-5H2/t6-,7+,8-,9-,10-,11-,12+,13-,14-,15-,16-,17-,18-,19-/m1/s1. The summed E-state index contributed by atoms with van der Waals surface area (Å²) < 4.78 is 21.7. The minimum atomic E-state index is -1.81. The maximum Gasteiger partial charge on any atom is 0.187 e. The normalized spacial score (nSPS) is 51.0. The Morgan fingerprint density at radius 3 is 1.67 bits per heavy atom. The highest BCUT2D eigenvalue weighted by Crippen LogP contribution is 2.32. The average Bonchev–Trinajstić information content (AvgIpc) is 2.81. The fourth-order valence-electron chi connectivity index (χ4n) is 4.10. The van der Waals surface area contributed by atoms with Crippen LogP contribution < -0.4 is 0 Å². The molecule has 0 aromatic rings. The Bertz CT molecular complexity index is 646. The lowest BCUT2D eigenvalue weighted by molar-refractivity contribution is -0.366. The summed E-state index contributed by atoms with van der Waals surface area (Å²) in [5, 5.41) is 99.7. The van der Waals surface area contributed by atoms with E-state index >= 15 is 0 Å². The van der Waals surface area contributed by atoms with E-state index in [1.165, 1.54) is 12.2 Å². The molecule has 2 fully saturated rings. The van der Waals surface area contributed by atoms with Crippen molar-refractivity contribution in [3.63, 3.8) is 0 Å². The molecule has 3 aliphatic rings. The molecule has 0 saturated carbocycles. The Balaban J connectivity index is 1.72. The summed E-state index contributed by atoms with van der Waals surface area (Å²) in [6.45, 7) is -1.93. The first-order valence-electron chi connectivity index (χ1n) is 10.5. The molecular weight excluding hydrogens is 452 g/mol. The predicted octanol–water partition coefficient (Wildman–Crippen LogP) is -6.10. The molecule has 2 saturated heterocycles. The summed E-state index contributed by atoms with van der Waals surface area (Å²) in [5.74, 6) is -0.757. The van der Waals surface area contributed by atoms with Gasteiger partial charge in [0.1, 0.15) is 61.0 Å². The molecule has 10 N–H and O–H groups in total. The van der Waals surface area contributed by atoms with Gasteiger partial charge in [0, 0.05) is 5.92 Å². The van der Waals surface area contributed by atoms with Crippen molar-refractivity contribution in [3.8, 4) is 0 Å². The molecule has 14 heteroatoms. The third-order valence-electron chi connectivity index (χ3n) is 6.13. The monoisotopic (exact) mass is 484 g/mol. The summed E-state index contributed by atoms with van der Waals surface area (Å²) in [7, 11) is 0. The molecule has 0 bridgehead atoms. The quantitative estimate of drug-likeness (QED) is 0.151. The molecule has 0 aromatic heterocycles. The molecule has 2 heterocycles. The van der Waals surface area contributed by atoms with E-state index in [9.17, 15) is 51.1 Å². The highest BCUT2D eigenvalue weighted by molar-refractivity contribution is 5.08. The highest BCUT2D eigenvalue weighted by Gasteiger charge is 2.51. The van der Waals surface area contributed by atoms with E-state index in [2.05, 4.69) is 0 Å². The smallest absolute Gasteiger partial charge is 0.187 e. The van der Waals surface area contributed by atoms with Gasteiger partial charge in [-0.15, -0.1) is 0 Å². The summed E-state index contributed by atoms with van der Waals surface area (Å²) in [6.07, 6.45) is -17.5. The van der Waals surface area contributed by atoms with E-state index in [0.717, 1.165) is 0 Å². The topological polar surface area (TPSA) is 239 Å². The summed E-state index contributed by atoms with van der Waals surface area (Å²) >= 11 is 0. The zero-order chi connectivity index (χ0) is 24.4. The lowest BCUT2D eigenvalue weighted by atomic mass is 9.88. The molecule has 14 atom stereocenters. The lowest BCUT2D eigenvalue weighted by Crippen LogP contribution is -2.65. The molecule has 0 radical (unpaired) electrons. The van der Waals surface area contributed by atoms with Gasteiger partial charge < -0.3 is 70.0 Å². The Labute approximate surface area is 188 Å². The van der Waals surface area contributed by atoms with Crippen molar-refractivity contribution in [2.45, 2.75) is 79.7 Å². The molecule has 0 spiro atoms. The van der Waals surface area contributed by atoms with Crippen molar-refractivity contribution in [1.29, 1.82) is 0 Å². The van der Waals surface area contributed by atoms with Crippen LogP contribution in [0.5, 0.6) is 0 Å². The average molecular weight is 484 g/mol. The van der Waals surface area contributed by atoms with Gasteiger partial charge in [0.2, 0.25) is 0 Å². The van der Waals surface area contributed by atoms with Crippen LogP contribution in [0.2, 0.25) is 0 Å². The predicted molar refractivity (Wildman–Crippen MR) is 103 cm³/mol. The van der Waals surface area contributed by atoms with Crippen LogP contribution >= 0.6 is 0 Å². The first kappa shape index (κ1) is 26.8. The molecule has 192 valence electrons. The van der Waals surface area contributed by atoms with E-state index < -0.39 is 105 Å². The fraction of sp³-hybridized carbons (Fsp3) is 0.895. The number of aliphatic hydroxyl groups is 10. The summed E-state index contributed by atoms with van der Waals surface area (Å²) in [4.78, 5) is 0. The van der Waals surface area contributed by atoms with Gasteiger partial charge in [0.15, 0.2) is 12.6 Å². The van der Waals surface area contributed by atoms with Crippen LogP contribution in [0.3, 0.4) is 0 Å². The molecule has 0 unspecified atom stereocenters. The number of hydrogen-bond donors (Lipinski definition) is 10. The van der Waals surface area contributed by atoms with Gasteiger partial charge in [-0.25, -0.2) is 0 Å². The first-order chi connectivity index (χ1) is 15.6. The maximum absolute atomic E-state index is 10.6. The van der Waals surface area contributed by atoms with Crippen molar-refractivity contribution in [1.82, 2.24) is 0 Å². The summed E-state index contributed by atoms with van der Waals surface area (Å²) in [6, 6.07) is 0. The Morgan fingerprint density at radius 1 is 0.545 bits per heavy atom. The van der Waals surface area contributed by atoms with Crippen molar-refractivity contribution in [2.24, 2.45) is 5.92 Å². The second-order valence-electron chi connectivity index (χ2n) is 8.32. The SMILES string of the molecule is OC[C@H]1C=C[C@H](O)[C@@H](O)[C@@H]1O[C@H]1O[C@H](CO)[C@@H](O[C@H]2O[C@H](CO)[C@@H](O)[C@H](O)[C@H]2O)[C@H](O)[C@H]1O. The molecule has 2 aliphatic heterocycles. The number of aliphatic hydroxyl groups excluding tert-OH is 10.